The van der Waals surface area contributed by atoms with Crippen molar-refractivity contribution in [3.63, 3.8) is 0 Å². The number of aryl methyl sites for hydroxylation is 1. The predicted octanol–water partition coefficient (Wildman–Crippen LogP) is 2.56. The number of nitrogens with one attached hydrogen (secondary N) is 1. The van der Waals surface area contributed by atoms with Gasteiger partial charge in [-0.05, 0) is 30.0 Å². The topological polar surface area (TPSA) is 87.5 Å². The molecule has 1 amide bonds. The lowest BCUT2D eigenvalue weighted by atomic mass is 10.2. The number of piperazine rings is 1. The maximum atomic E-state index is 12.6. The van der Waals surface area contributed by atoms with E-state index in [1.54, 1.807) is 4.90 Å². The van der Waals surface area contributed by atoms with E-state index in [1.165, 1.54) is 37.5 Å². The molecule has 4 rings (SSSR count). The van der Waals surface area contributed by atoms with Gasteiger partial charge in [-0.25, -0.2) is 13.2 Å². The van der Waals surface area contributed by atoms with E-state index in [0.717, 1.165) is 25.9 Å². The van der Waals surface area contributed by atoms with Crippen LogP contribution in [0.3, 0.4) is 0 Å². The van der Waals surface area contributed by atoms with Crippen molar-refractivity contribution < 1.29 is 13.2 Å². The first kappa shape index (κ1) is 19.9. The number of fused-ring (bicyclic) bond motifs is 1. The Morgan fingerprint density at radius 3 is 2.66 bits per heavy atom. The Morgan fingerprint density at radius 2 is 1.93 bits per heavy atom. The normalized spacial score (nSPS) is 15.7. The average molecular weight is 434 g/mol. The number of benzene rings is 1. The quantitative estimate of drug-likeness (QED) is 0.683. The first-order valence-electron chi connectivity index (χ1n) is 9.31. The zero-order valence-electron chi connectivity index (χ0n) is 16.3. The fraction of sp³-hybridized carbons (Fsp3) is 0.368. The van der Waals surface area contributed by atoms with Crippen molar-refractivity contribution in [2.24, 2.45) is 0 Å². The number of amides is 1. The van der Waals surface area contributed by atoms with Crippen LogP contribution in [0, 0.1) is 6.92 Å². The van der Waals surface area contributed by atoms with Crippen molar-refractivity contribution >= 4 is 43.3 Å². The molecular formula is C19H23N5O3S2. The van der Waals surface area contributed by atoms with Crippen molar-refractivity contribution in [3.8, 4) is 0 Å². The van der Waals surface area contributed by atoms with Crippen LogP contribution >= 0.6 is 11.3 Å². The number of sulfonamides is 1. The molecule has 1 aliphatic rings. The summed E-state index contributed by atoms with van der Waals surface area (Å²) >= 11 is 1.82. The lowest BCUT2D eigenvalue weighted by molar-refractivity contribution is 0.135. The van der Waals surface area contributed by atoms with Gasteiger partial charge in [-0.2, -0.15) is 4.68 Å². The van der Waals surface area contributed by atoms with Crippen LogP contribution in [0.25, 0.3) is 10.1 Å². The summed E-state index contributed by atoms with van der Waals surface area (Å²) in [5, 5.41) is 5.29. The third-order valence-electron chi connectivity index (χ3n) is 4.82. The van der Waals surface area contributed by atoms with Crippen LogP contribution in [-0.4, -0.2) is 66.5 Å². The molecule has 1 N–H and O–H groups in total. The first-order chi connectivity index (χ1) is 13.8. The molecule has 1 fully saturated rings. The van der Waals surface area contributed by atoms with E-state index in [0.29, 0.717) is 13.1 Å². The van der Waals surface area contributed by atoms with Crippen LogP contribution in [0.1, 0.15) is 10.4 Å². The Kier molecular flexibility index (Phi) is 5.32. The van der Waals surface area contributed by atoms with Gasteiger partial charge in [0.25, 0.3) is 0 Å². The molecule has 154 valence electrons. The molecular weight excluding hydrogens is 410 g/mol. The monoisotopic (exact) mass is 433 g/mol. The first-order valence-corrected chi connectivity index (χ1v) is 12.0. The molecule has 3 heterocycles. The van der Waals surface area contributed by atoms with Crippen molar-refractivity contribution in [2.45, 2.75) is 13.5 Å². The van der Waals surface area contributed by atoms with Crippen LogP contribution in [-0.2, 0) is 16.6 Å². The molecule has 0 spiro atoms. The van der Waals surface area contributed by atoms with Gasteiger partial charge in [0.15, 0.2) is 5.82 Å². The molecule has 0 saturated carbocycles. The summed E-state index contributed by atoms with van der Waals surface area (Å²) in [4.78, 5) is 18.0. The van der Waals surface area contributed by atoms with Gasteiger partial charge < -0.3 is 4.90 Å². The van der Waals surface area contributed by atoms with Gasteiger partial charge in [-0.15, -0.1) is 16.4 Å². The molecule has 3 aromatic rings. The van der Waals surface area contributed by atoms with E-state index in [4.69, 9.17) is 0 Å². The van der Waals surface area contributed by atoms with E-state index >= 15 is 0 Å². The van der Waals surface area contributed by atoms with E-state index in [2.05, 4.69) is 45.9 Å². The summed E-state index contributed by atoms with van der Waals surface area (Å²) in [6.07, 6.45) is 2.52. The number of carbonyl (C=O) groups is 1. The number of hydrogen-bond acceptors (Lipinski definition) is 6. The van der Waals surface area contributed by atoms with E-state index in [-0.39, 0.29) is 11.8 Å². The summed E-state index contributed by atoms with van der Waals surface area (Å²) < 4.78 is 27.3. The number of thiophene rings is 1. The average Bonchev–Trinajstić information content (AvgIpc) is 3.26. The van der Waals surface area contributed by atoms with Gasteiger partial charge in [0, 0.05) is 54.6 Å². The Bertz CT molecular complexity index is 1140. The molecule has 0 bridgehead atoms. The lowest BCUT2D eigenvalue weighted by Crippen LogP contribution is -2.49. The highest BCUT2D eigenvalue weighted by Gasteiger charge is 2.23. The fourth-order valence-electron chi connectivity index (χ4n) is 3.41. The SMILES string of the molecule is Cc1ccc2cc(CN3CCN(C(=O)n4ccc(NS(C)(=O)=O)n4)CC3)sc2c1. The highest BCUT2D eigenvalue weighted by Crippen LogP contribution is 2.27. The highest BCUT2D eigenvalue weighted by atomic mass is 32.2. The largest absolute Gasteiger partial charge is 0.344 e. The maximum Gasteiger partial charge on any atom is 0.344 e. The second-order valence-corrected chi connectivity index (χ2v) is 10.2. The minimum absolute atomic E-state index is 0.138. The fourth-order valence-corrected chi connectivity index (χ4v) is 5.10. The molecule has 29 heavy (non-hydrogen) atoms. The smallest absolute Gasteiger partial charge is 0.320 e. The molecule has 0 atom stereocenters. The Hall–Kier alpha value is -2.43. The van der Waals surface area contributed by atoms with Gasteiger partial charge in [0.05, 0.1) is 6.26 Å². The van der Waals surface area contributed by atoms with Gasteiger partial charge in [0.2, 0.25) is 10.0 Å². The second kappa shape index (κ2) is 7.77. The summed E-state index contributed by atoms with van der Waals surface area (Å²) in [6, 6.07) is 9.99. The van der Waals surface area contributed by atoms with Crippen molar-refractivity contribution in [1.29, 1.82) is 0 Å². The molecule has 1 aromatic carbocycles. The zero-order chi connectivity index (χ0) is 20.6. The third-order valence-corrected chi connectivity index (χ3v) is 6.49. The Balaban J connectivity index is 1.34. The second-order valence-electron chi connectivity index (χ2n) is 7.32. The summed E-state index contributed by atoms with van der Waals surface area (Å²) in [6.45, 7) is 5.78. The zero-order valence-corrected chi connectivity index (χ0v) is 18.0. The summed E-state index contributed by atoms with van der Waals surface area (Å²) in [7, 11) is -3.42. The van der Waals surface area contributed by atoms with Crippen LogP contribution in [0.2, 0.25) is 0 Å². The molecule has 1 saturated heterocycles. The Labute approximate surface area is 173 Å². The molecule has 8 nitrogen and oxygen atoms in total. The van der Waals surface area contributed by atoms with Gasteiger partial charge in [0.1, 0.15) is 0 Å². The van der Waals surface area contributed by atoms with Crippen LogP contribution in [0.15, 0.2) is 36.5 Å². The number of anilines is 1. The van der Waals surface area contributed by atoms with Crippen LogP contribution in [0.5, 0.6) is 0 Å². The molecule has 1 aliphatic heterocycles. The predicted molar refractivity (Wildman–Crippen MR) is 115 cm³/mol. The van der Waals surface area contributed by atoms with Crippen LogP contribution in [0.4, 0.5) is 10.6 Å². The number of carbonyl (C=O) groups excluding carboxylic acids is 1. The number of hydrogen-bond donors (Lipinski definition) is 1. The van der Waals surface area contributed by atoms with Crippen molar-refractivity contribution in [1.82, 2.24) is 19.6 Å². The van der Waals surface area contributed by atoms with Gasteiger partial charge in [-0.1, -0.05) is 12.1 Å². The maximum absolute atomic E-state index is 12.6. The molecule has 2 aromatic heterocycles. The molecule has 10 heteroatoms. The number of aromatic nitrogens is 2. The lowest BCUT2D eigenvalue weighted by Gasteiger charge is -2.34. The molecule has 0 unspecified atom stereocenters. The molecule has 0 radical (unpaired) electrons. The summed E-state index contributed by atoms with van der Waals surface area (Å²) in [5.74, 6) is 0.138. The van der Waals surface area contributed by atoms with Crippen molar-refractivity contribution in [3.05, 3.63) is 47.0 Å². The van der Waals surface area contributed by atoms with Gasteiger partial charge in [-0.3, -0.25) is 9.62 Å². The standard InChI is InChI=1S/C19H23N5O3S2/c1-14-3-4-15-12-16(28-17(15)11-14)13-22-7-9-23(10-8-22)19(25)24-6-5-18(20-24)21-29(2,26)27/h3-6,11-12H,7-10,13H2,1-2H3,(H,20,21). The van der Waals surface area contributed by atoms with E-state index in [1.807, 2.05) is 11.3 Å². The van der Waals surface area contributed by atoms with Gasteiger partial charge >= 0.3 is 6.03 Å². The van der Waals surface area contributed by atoms with E-state index in [9.17, 15) is 13.2 Å². The highest BCUT2D eigenvalue weighted by molar-refractivity contribution is 7.92. The third kappa shape index (κ3) is 4.77. The minimum Gasteiger partial charge on any atom is -0.320 e. The van der Waals surface area contributed by atoms with E-state index < -0.39 is 10.0 Å². The minimum atomic E-state index is -3.42. The number of nitrogens with zero attached hydrogens (tertiary/aromatic N) is 4. The van der Waals surface area contributed by atoms with Crippen molar-refractivity contribution in [2.75, 3.05) is 37.2 Å². The number of rotatable bonds is 4. The Morgan fingerprint density at radius 1 is 1.17 bits per heavy atom. The molecule has 0 aliphatic carbocycles. The summed E-state index contributed by atoms with van der Waals surface area (Å²) in [5.41, 5.74) is 1.27. The van der Waals surface area contributed by atoms with Crippen LogP contribution < -0.4 is 4.72 Å².